The summed E-state index contributed by atoms with van der Waals surface area (Å²) in [4.78, 5) is 13.1. The fourth-order valence-electron chi connectivity index (χ4n) is 2.24. The number of hydrogen-bond donors (Lipinski definition) is 2. The number of rotatable bonds is 7. The monoisotopic (exact) mass is 294 g/mol. The number of aromatic nitrogens is 2. The van der Waals surface area contributed by atoms with Crippen molar-refractivity contribution in [2.24, 2.45) is 0 Å². The maximum absolute atomic E-state index is 6.03. The molecular formula is C14H26N6O. The highest BCUT2D eigenvalue weighted by Crippen LogP contribution is 2.24. The number of nitrogen functional groups attached to an aromatic ring is 1. The van der Waals surface area contributed by atoms with Crippen LogP contribution >= 0.6 is 0 Å². The first kappa shape index (κ1) is 15.8. The van der Waals surface area contributed by atoms with Gasteiger partial charge in [0.25, 0.3) is 0 Å². The third-order valence-corrected chi connectivity index (χ3v) is 3.61. The van der Waals surface area contributed by atoms with E-state index in [-0.39, 0.29) is 0 Å². The van der Waals surface area contributed by atoms with Gasteiger partial charge >= 0.3 is 0 Å². The summed E-state index contributed by atoms with van der Waals surface area (Å²) in [6.07, 6.45) is 2.41. The molecule has 2 rings (SSSR count). The smallest absolute Gasteiger partial charge is 0.242 e. The van der Waals surface area contributed by atoms with E-state index in [1.54, 1.807) is 0 Å². The first-order valence-electron chi connectivity index (χ1n) is 7.58. The molecule has 0 unspecified atom stereocenters. The first-order valence-corrected chi connectivity index (χ1v) is 7.58. The maximum atomic E-state index is 6.03. The van der Waals surface area contributed by atoms with Crippen molar-refractivity contribution in [1.82, 2.24) is 19.8 Å². The highest BCUT2D eigenvalue weighted by atomic mass is 16.5. The van der Waals surface area contributed by atoms with E-state index in [1.165, 1.54) is 6.33 Å². The Bertz CT molecular complexity index is 433. The molecule has 0 bridgehead atoms. The lowest BCUT2D eigenvalue weighted by Gasteiger charge is -2.32. The predicted octanol–water partition coefficient (Wildman–Crippen LogP) is 0.507. The van der Waals surface area contributed by atoms with Gasteiger partial charge in [0.1, 0.15) is 12.0 Å². The van der Waals surface area contributed by atoms with Gasteiger partial charge in [-0.25, -0.2) is 4.98 Å². The molecule has 1 aromatic rings. The van der Waals surface area contributed by atoms with Crippen LogP contribution in [-0.4, -0.2) is 72.7 Å². The van der Waals surface area contributed by atoms with Crippen LogP contribution in [0.3, 0.4) is 0 Å². The molecule has 118 valence electrons. The van der Waals surface area contributed by atoms with Crippen LogP contribution in [-0.2, 0) is 0 Å². The van der Waals surface area contributed by atoms with Crippen molar-refractivity contribution in [3.05, 3.63) is 6.33 Å². The minimum atomic E-state index is 0.467. The van der Waals surface area contributed by atoms with Gasteiger partial charge in [-0.05, 0) is 13.5 Å². The van der Waals surface area contributed by atoms with Crippen molar-refractivity contribution < 1.29 is 4.74 Å². The summed E-state index contributed by atoms with van der Waals surface area (Å²) in [6.45, 7) is 8.95. The van der Waals surface area contributed by atoms with E-state index >= 15 is 0 Å². The second kappa shape index (κ2) is 7.99. The Hall–Kier alpha value is -1.60. The van der Waals surface area contributed by atoms with Gasteiger partial charge in [-0.15, -0.1) is 0 Å². The third kappa shape index (κ3) is 4.71. The molecule has 3 N–H and O–H groups in total. The van der Waals surface area contributed by atoms with Crippen LogP contribution in [0.25, 0.3) is 0 Å². The Kier molecular flexibility index (Phi) is 6.01. The van der Waals surface area contributed by atoms with E-state index in [1.807, 2.05) is 6.92 Å². The van der Waals surface area contributed by atoms with E-state index in [9.17, 15) is 0 Å². The molecule has 0 radical (unpaired) electrons. The van der Waals surface area contributed by atoms with Crippen molar-refractivity contribution >= 4 is 11.5 Å². The molecule has 1 saturated heterocycles. The lowest BCUT2D eigenvalue weighted by molar-refractivity contribution is 0.158. The molecule has 1 aromatic heterocycles. The van der Waals surface area contributed by atoms with Crippen molar-refractivity contribution in [3.8, 4) is 5.88 Å². The van der Waals surface area contributed by atoms with Gasteiger partial charge in [0, 0.05) is 39.3 Å². The summed E-state index contributed by atoms with van der Waals surface area (Å²) in [5.41, 5.74) is 6.52. The number of anilines is 2. The largest absolute Gasteiger partial charge is 0.476 e. The molecule has 7 heteroatoms. The predicted molar refractivity (Wildman–Crippen MR) is 84.7 cm³/mol. The van der Waals surface area contributed by atoms with Crippen molar-refractivity contribution in [2.45, 2.75) is 13.3 Å². The van der Waals surface area contributed by atoms with E-state index in [4.69, 9.17) is 10.5 Å². The van der Waals surface area contributed by atoms with E-state index < -0.39 is 0 Å². The van der Waals surface area contributed by atoms with Gasteiger partial charge in [0.15, 0.2) is 5.82 Å². The minimum Gasteiger partial charge on any atom is -0.476 e. The number of nitrogens with zero attached hydrogens (tertiary/aromatic N) is 4. The van der Waals surface area contributed by atoms with E-state index in [2.05, 4.69) is 32.1 Å². The summed E-state index contributed by atoms with van der Waals surface area (Å²) in [5, 5.41) is 3.28. The van der Waals surface area contributed by atoms with Gasteiger partial charge in [0.05, 0.1) is 6.61 Å². The summed E-state index contributed by atoms with van der Waals surface area (Å²) >= 11 is 0. The normalized spacial score (nSPS) is 16.9. The number of hydrogen-bond acceptors (Lipinski definition) is 7. The Balaban J connectivity index is 1.80. The highest BCUT2D eigenvalue weighted by molar-refractivity contribution is 5.66. The van der Waals surface area contributed by atoms with Crippen LogP contribution in [0.4, 0.5) is 11.5 Å². The molecule has 0 aliphatic carbocycles. The molecule has 21 heavy (non-hydrogen) atoms. The zero-order valence-electron chi connectivity index (χ0n) is 13.0. The molecule has 0 atom stereocenters. The van der Waals surface area contributed by atoms with Gasteiger partial charge in [0.2, 0.25) is 5.88 Å². The van der Waals surface area contributed by atoms with Crippen LogP contribution in [0.15, 0.2) is 6.33 Å². The zero-order valence-corrected chi connectivity index (χ0v) is 13.0. The summed E-state index contributed by atoms with van der Waals surface area (Å²) < 4.78 is 5.50. The van der Waals surface area contributed by atoms with E-state index in [0.29, 0.717) is 24.0 Å². The first-order chi connectivity index (χ1) is 10.2. The lowest BCUT2D eigenvalue weighted by Crippen LogP contribution is -2.45. The fourth-order valence-corrected chi connectivity index (χ4v) is 2.24. The van der Waals surface area contributed by atoms with Crippen LogP contribution in [0.1, 0.15) is 13.3 Å². The number of ether oxygens (including phenoxy) is 1. The molecular weight excluding hydrogens is 268 g/mol. The minimum absolute atomic E-state index is 0.467. The second-order valence-electron chi connectivity index (χ2n) is 5.36. The number of piperazine rings is 1. The zero-order chi connectivity index (χ0) is 15.1. The van der Waals surface area contributed by atoms with Crippen LogP contribution in [0.2, 0.25) is 0 Å². The van der Waals surface area contributed by atoms with Crippen LogP contribution < -0.4 is 15.8 Å². The Morgan fingerprint density at radius 2 is 2.05 bits per heavy atom. The highest BCUT2D eigenvalue weighted by Gasteiger charge is 2.14. The SMILES string of the molecule is CCCOc1ncnc(NCCN2CCN(C)CC2)c1N. The third-order valence-electron chi connectivity index (χ3n) is 3.61. The Morgan fingerprint density at radius 1 is 1.29 bits per heavy atom. The van der Waals surface area contributed by atoms with Crippen molar-refractivity contribution in [1.29, 1.82) is 0 Å². The summed E-state index contributed by atoms with van der Waals surface area (Å²) in [6, 6.07) is 0. The molecule has 0 aromatic carbocycles. The van der Waals surface area contributed by atoms with Crippen LogP contribution in [0, 0.1) is 0 Å². The average molecular weight is 294 g/mol. The quantitative estimate of drug-likeness (QED) is 0.758. The topological polar surface area (TPSA) is 79.5 Å². The number of nitrogens with one attached hydrogen (secondary N) is 1. The number of likely N-dealkylation sites (N-methyl/N-ethyl adjacent to an activating group) is 1. The molecule has 0 saturated carbocycles. The van der Waals surface area contributed by atoms with Gasteiger partial charge < -0.3 is 20.7 Å². The van der Waals surface area contributed by atoms with Crippen LogP contribution in [0.5, 0.6) is 5.88 Å². The molecule has 1 fully saturated rings. The number of nitrogens with two attached hydrogens (primary N) is 1. The molecule has 1 aliphatic rings. The fraction of sp³-hybridized carbons (Fsp3) is 0.714. The lowest BCUT2D eigenvalue weighted by atomic mass is 10.3. The maximum Gasteiger partial charge on any atom is 0.242 e. The Labute approximate surface area is 126 Å². The van der Waals surface area contributed by atoms with Crippen molar-refractivity contribution in [2.75, 3.05) is 64.0 Å². The van der Waals surface area contributed by atoms with Gasteiger partial charge in [-0.2, -0.15) is 4.98 Å². The summed E-state index contributed by atoms with van der Waals surface area (Å²) in [7, 11) is 2.16. The van der Waals surface area contributed by atoms with Gasteiger partial charge in [-0.3, -0.25) is 4.90 Å². The molecule has 2 heterocycles. The van der Waals surface area contributed by atoms with Gasteiger partial charge in [-0.1, -0.05) is 6.92 Å². The molecule has 7 nitrogen and oxygen atoms in total. The molecule has 0 amide bonds. The second-order valence-corrected chi connectivity index (χ2v) is 5.36. The standard InChI is InChI=1S/C14H26N6O/c1-3-10-21-14-12(15)13(17-11-18-14)16-4-5-20-8-6-19(2)7-9-20/h11H,3-10,15H2,1-2H3,(H,16,17,18). The molecule has 0 spiro atoms. The average Bonchev–Trinajstić information content (AvgIpc) is 2.50. The summed E-state index contributed by atoms with van der Waals surface area (Å²) in [5.74, 6) is 1.12. The Morgan fingerprint density at radius 3 is 2.76 bits per heavy atom. The van der Waals surface area contributed by atoms with E-state index in [0.717, 1.165) is 45.7 Å². The molecule has 1 aliphatic heterocycles. The van der Waals surface area contributed by atoms with Crippen molar-refractivity contribution in [3.63, 3.8) is 0 Å².